The molecular weight excluding hydrogens is 238 g/mol. The molecule has 0 radical (unpaired) electrons. The van der Waals surface area contributed by atoms with Crippen molar-refractivity contribution < 1.29 is 4.52 Å². The maximum Gasteiger partial charge on any atom is 0.243 e. The molecule has 2 unspecified atom stereocenters. The van der Waals surface area contributed by atoms with Gasteiger partial charge in [-0.3, -0.25) is 0 Å². The van der Waals surface area contributed by atoms with Crippen LogP contribution in [0.2, 0.25) is 0 Å². The van der Waals surface area contributed by atoms with E-state index in [1.54, 1.807) is 0 Å². The molecule has 0 aliphatic carbocycles. The number of nitrogens with zero attached hydrogens (tertiary/aromatic N) is 2. The van der Waals surface area contributed by atoms with E-state index in [1.807, 2.05) is 18.2 Å². The lowest BCUT2D eigenvalue weighted by molar-refractivity contribution is 0.259. The molecule has 100 valence electrons. The highest BCUT2D eigenvalue weighted by atomic mass is 16.5. The van der Waals surface area contributed by atoms with E-state index >= 15 is 0 Å². The topological polar surface area (TPSA) is 51.0 Å². The van der Waals surface area contributed by atoms with Crippen LogP contribution >= 0.6 is 0 Å². The molecule has 2 heterocycles. The van der Waals surface area contributed by atoms with E-state index in [4.69, 9.17) is 4.52 Å². The lowest BCUT2D eigenvalue weighted by Gasteiger charge is -2.25. The van der Waals surface area contributed by atoms with Crippen LogP contribution in [-0.4, -0.2) is 16.7 Å². The van der Waals surface area contributed by atoms with Gasteiger partial charge in [0.15, 0.2) is 5.82 Å². The largest absolute Gasteiger partial charge is 0.338 e. The van der Waals surface area contributed by atoms with Crippen LogP contribution in [0.1, 0.15) is 43.1 Å². The summed E-state index contributed by atoms with van der Waals surface area (Å²) in [5.74, 6) is 2.22. The van der Waals surface area contributed by atoms with Crippen LogP contribution in [0.4, 0.5) is 0 Å². The van der Waals surface area contributed by atoms with Crippen molar-refractivity contribution in [3.8, 4) is 0 Å². The van der Waals surface area contributed by atoms with E-state index in [0.29, 0.717) is 0 Å². The minimum Gasteiger partial charge on any atom is -0.338 e. The van der Waals surface area contributed by atoms with Crippen molar-refractivity contribution in [1.82, 2.24) is 15.5 Å². The summed E-state index contributed by atoms with van der Waals surface area (Å²) in [5, 5.41) is 7.53. The summed E-state index contributed by atoms with van der Waals surface area (Å²) in [6.07, 6.45) is 3.03. The third-order valence-electron chi connectivity index (χ3n) is 3.65. The van der Waals surface area contributed by atoms with Crippen LogP contribution < -0.4 is 5.32 Å². The predicted octanol–water partition coefficient (Wildman–Crippen LogP) is 2.72. The Labute approximate surface area is 113 Å². The number of benzene rings is 1. The van der Waals surface area contributed by atoms with Crippen LogP contribution in [0.3, 0.4) is 0 Å². The van der Waals surface area contributed by atoms with Crippen molar-refractivity contribution in [3.63, 3.8) is 0 Å². The summed E-state index contributed by atoms with van der Waals surface area (Å²) in [7, 11) is 0. The second kappa shape index (κ2) is 5.53. The number of rotatable bonds is 3. The lowest BCUT2D eigenvalue weighted by Crippen LogP contribution is -2.30. The molecule has 1 aromatic heterocycles. The van der Waals surface area contributed by atoms with Gasteiger partial charge >= 0.3 is 0 Å². The first kappa shape index (κ1) is 12.4. The first-order valence-corrected chi connectivity index (χ1v) is 6.91. The summed E-state index contributed by atoms with van der Waals surface area (Å²) in [4.78, 5) is 4.52. The molecule has 1 N–H and O–H groups in total. The highest BCUT2D eigenvalue weighted by Gasteiger charge is 2.24. The maximum absolute atomic E-state index is 5.40. The van der Waals surface area contributed by atoms with E-state index in [2.05, 4.69) is 34.5 Å². The Kier molecular flexibility index (Phi) is 3.60. The first-order valence-electron chi connectivity index (χ1n) is 6.91. The average molecular weight is 257 g/mol. The van der Waals surface area contributed by atoms with Gasteiger partial charge < -0.3 is 9.84 Å². The Balaban J connectivity index is 1.69. The van der Waals surface area contributed by atoms with Crippen molar-refractivity contribution in [3.05, 3.63) is 47.6 Å². The Bertz CT molecular complexity index is 523. The molecular formula is C15H19N3O. The normalized spacial score (nSPS) is 23.4. The Morgan fingerprint density at radius 1 is 1.32 bits per heavy atom. The third kappa shape index (κ3) is 3.01. The fraction of sp³-hybridized carbons (Fsp3) is 0.467. The molecule has 1 aliphatic heterocycles. The smallest absolute Gasteiger partial charge is 0.243 e. The number of nitrogens with one attached hydrogen (secondary N) is 1. The molecule has 0 amide bonds. The monoisotopic (exact) mass is 257 g/mol. The zero-order chi connectivity index (χ0) is 13.1. The van der Waals surface area contributed by atoms with Crippen LogP contribution in [-0.2, 0) is 6.42 Å². The molecule has 0 bridgehead atoms. The second-order valence-electron chi connectivity index (χ2n) is 5.35. The van der Waals surface area contributed by atoms with Crippen molar-refractivity contribution in [2.45, 2.75) is 32.2 Å². The van der Waals surface area contributed by atoms with Gasteiger partial charge in [0.05, 0.1) is 6.04 Å². The average Bonchev–Trinajstić information content (AvgIpc) is 2.88. The summed E-state index contributed by atoms with van der Waals surface area (Å²) in [6, 6.07) is 10.5. The minimum atomic E-state index is 0.223. The van der Waals surface area contributed by atoms with E-state index in [9.17, 15) is 0 Å². The number of piperidine rings is 1. The number of hydrogen-bond acceptors (Lipinski definition) is 4. The molecule has 19 heavy (non-hydrogen) atoms. The zero-order valence-corrected chi connectivity index (χ0v) is 11.2. The standard InChI is InChI=1S/C15H19N3O/c1-11-7-8-16-13(9-11)15-17-14(18-19-15)10-12-5-3-2-4-6-12/h2-6,11,13,16H,7-10H2,1H3. The van der Waals surface area contributed by atoms with E-state index in [-0.39, 0.29) is 6.04 Å². The summed E-state index contributed by atoms with van der Waals surface area (Å²) in [6.45, 7) is 3.30. The molecule has 2 atom stereocenters. The Hall–Kier alpha value is -1.68. The van der Waals surface area contributed by atoms with Crippen molar-refractivity contribution >= 4 is 0 Å². The van der Waals surface area contributed by atoms with Crippen molar-refractivity contribution in [2.24, 2.45) is 5.92 Å². The SMILES string of the molecule is CC1CCNC(c2nc(Cc3ccccc3)no2)C1. The van der Waals surface area contributed by atoms with Crippen LogP contribution in [0.5, 0.6) is 0 Å². The second-order valence-corrected chi connectivity index (χ2v) is 5.35. The van der Waals surface area contributed by atoms with Crippen molar-refractivity contribution in [2.75, 3.05) is 6.54 Å². The van der Waals surface area contributed by atoms with Crippen LogP contribution in [0, 0.1) is 5.92 Å². The number of aromatic nitrogens is 2. The highest BCUT2D eigenvalue weighted by Crippen LogP contribution is 2.25. The Morgan fingerprint density at radius 2 is 2.16 bits per heavy atom. The predicted molar refractivity (Wildman–Crippen MR) is 72.7 cm³/mol. The molecule has 4 nitrogen and oxygen atoms in total. The van der Waals surface area contributed by atoms with Gasteiger partial charge in [-0.15, -0.1) is 0 Å². The summed E-state index contributed by atoms with van der Waals surface area (Å²) in [5.41, 5.74) is 1.21. The molecule has 2 aromatic rings. The van der Waals surface area contributed by atoms with Gasteiger partial charge in [-0.2, -0.15) is 4.98 Å². The fourth-order valence-corrected chi connectivity index (χ4v) is 2.55. The molecule has 0 saturated carbocycles. The van der Waals surface area contributed by atoms with E-state index < -0.39 is 0 Å². The third-order valence-corrected chi connectivity index (χ3v) is 3.65. The van der Waals surface area contributed by atoms with Gasteiger partial charge in [-0.05, 0) is 30.9 Å². The molecule has 1 fully saturated rings. The van der Waals surface area contributed by atoms with Gasteiger partial charge in [0, 0.05) is 6.42 Å². The molecule has 4 heteroatoms. The maximum atomic E-state index is 5.40. The lowest BCUT2D eigenvalue weighted by atomic mass is 9.94. The summed E-state index contributed by atoms with van der Waals surface area (Å²) < 4.78 is 5.40. The molecule has 1 saturated heterocycles. The van der Waals surface area contributed by atoms with E-state index in [1.165, 1.54) is 12.0 Å². The number of hydrogen-bond donors (Lipinski definition) is 1. The first-order chi connectivity index (χ1) is 9.31. The van der Waals surface area contributed by atoms with Crippen LogP contribution in [0.15, 0.2) is 34.9 Å². The fourth-order valence-electron chi connectivity index (χ4n) is 2.55. The van der Waals surface area contributed by atoms with Gasteiger partial charge in [-0.1, -0.05) is 42.4 Å². The zero-order valence-electron chi connectivity index (χ0n) is 11.2. The highest BCUT2D eigenvalue weighted by molar-refractivity contribution is 5.18. The van der Waals surface area contributed by atoms with Crippen molar-refractivity contribution in [1.29, 1.82) is 0 Å². The molecule has 3 rings (SSSR count). The minimum absolute atomic E-state index is 0.223. The quantitative estimate of drug-likeness (QED) is 0.918. The van der Waals surface area contributed by atoms with Gasteiger partial charge in [0.25, 0.3) is 0 Å². The molecule has 1 aromatic carbocycles. The summed E-state index contributed by atoms with van der Waals surface area (Å²) >= 11 is 0. The van der Waals surface area contributed by atoms with Gasteiger partial charge in [0.1, 0.15) is 0 Å². The van der Waals surface area contributed by atoms with Crippen LogP contribution in [0.25, 0.3) is 0 Å². The van der Waals surface area contributed by atoms with E-state index in [0.717, 1.165) is 37.0 Å². The van der Waals surface area contributed by atoms with Gasteiger partial charge in [-0.25, -0.2) is 0 Å². The van der Waals surface area contributed by atoms with Gasteiger partial charge in [0.2, 0.25) is 5.89 Å². The molecule has 0 spiro atoms. The molecule has 1 aliphatic rings. The Morgan fingerprint density at radius 3 is 2.95 bits per heavy atom.